The van der Waals surface area contributed by atoms with E-state index in [0.717, 1.165) is 51.7 Å². The minimum Gasteiger partial charge on any atom is -0.452 e. The molecule has 2 aromatic heterocycles. The average molecular weight is 345 g/mol. The molecule has 1 N–H and O–H groups in total. The fourth-order valence-corrected chi connectivity index (χ4v) is 4.04. The molecule has 2 aromatic carbocycles. The second-order valence-electron chi connectivity index (χ2n) is 7.11. The monoisotopic (exact) mass is 345 g/mol. The van der Waals surface area contributed by atoms with Crippen LogP contribution in [0.3, 0.4) is 0 Å². The Balaban J connectivity index is 1.56. The molecule has 0 bridgehead atoms. The molecule has 4 aromatic rings. The Bertz CT molecular complexity index is 1060. The molecule has 5 rings (SSSR count). The zero-order chi connectivity index (χ0) is 17.3. The summed E-state index contributed by atoms with van der Waals surface area (Å²) in [4.78, 5) is 7.43. The van der Waals surface area contributed by atoms with Gasteiger partial charge in [0.05, 0.1) is 11.2 Å². The van der Waals surface area contributed by atoms with Crippen molar-refractivity contribution in [1.29, 1.82) is 0 Å². The van der Waals surface area contributed by atoms with E-state index in [1.165, 1.54) is 32.4 Å². The van der Waals surface area contributed by atoms with Crippen LogP contribution in [-0.2, 0) is 0 Å². The van der Waals surface area contributed by atoms with Crippen LogP contribution in [0.4, 0.5) is 5.69 Å². The van der Waals surface area contributed by atoms with Gasteiger partial charge in [0.15, 0.2) is 5.58 Å². The van der Waals surface area contributed by atoms with Crippen LogP contribution in [0.5, 0.6) is 0 Å². The number of likely N-dealkylation sites (tertiary alicyclic amines) is 1. The molecule has 1 saturated heterocycles. The SMILES string of the molecule is c1ccc2c(NCCN3CCCCC3)c3oc4ccccc4c3nc2c1. The van der Waals surface area contributed by atoms with Gasteiger partial charge in [0.2, 0.25) is 0 Å². The number of benzene rings is 2. The second-order valence-corrected chi connectivity index (χ2v) is 7.11. The zero-order valence-corrected chi connectivity index (χ0v) is 14.9. The van der Waals surface area contributed by atoms with Gasteiger partial charge in [0.25, 0.3) is 0 Å². The van der Waals surface area contributed by atoms with Gasteiger partial charge in [-0.2, -0.15) is 0 Å². The molecule has 1 fully saturated rings. The third-order valence-corrected chi connectivity index (χ3v) is 5.38. The van der Waals surface area contributed by atoms with Crippen molar-refractivity contribution in [2.45, 2.75) is 19.3 Å². The van der Waals surface area contributed by atoms with Crippen molar-refractivity contribution in [3.8, 4) is 0 Å². The predicted molar refractivity (Wildman–Crippen MR) is 108 cm³/mol. The number of rotatable bonds is 4. The first-order chi connectivity index (χ1) is 12.9. The molecular weight excluding hydrogens is 322 g/mol. The Hall–Kier alpha value is -2.59. The number of furan rings is 1. The standard InChI is InChI=1S/C22H23N3O/c1-6-13-25(14-7-1)15-12-23-20-16-8-2-4-10-18(16)24-21-17-9-3-5-11-19(17)26-22(20)21/h2-5,8-11H,1,6-7,12-15H2,(H,23,24). The quantitative estimate of drug-likeness (QED) is 0.563. The summed E-state index contributed by atoms with van der Waals surface area (Å²) in [7, 11) is 0. The molecule has 0 unspecified atom stereocenters. The van der Waals surface area contributed by atoms with E-state index in [1.54, 1.807) is 0 Å². The lowest BCUT2D eigenvalue weighted by atomic mass is 10.1. The van der Waals surface area contributed by atoms with Gasteiger partial charge in [0, 0.05) is 23.9 Å². The summed E-state index contributed by atoms with van der Waals surface area (Å²) in [6, 6.07) is 16.4. The van der Waals surface area contributed by atoms with Gasteiger partial charge >= 0.3 is 0 Å². The van der Waals surface area contributed by atoms with E-state index >= 15 is 0 Å². The summed E-state index contributed by atoms with van der Waals surface area (Å²) in [6.45, 7) is 4.43. The van der Waals surface area contributed by atoms with Crippen LogP contribution in [0.1, 0.15) is 19.3 Å². The first-order valence-corrected chi connectivity index (χ1v) is 9.56. The lowest BCUT2D eigenvalue weighted by molar-refractivity contribution is 0.237. The molecule has 0 radical (unpaired) electrons. The van der Waals surface area contributed by atoms with Crippen LogP contribution in [0.15, 0.2) is 52.9 Å². The number of fused-ring (bicyclic) bond motifs is 4. The van der Waals surface area contributed by atoms with E-state index in [4.69, 9.17) is 9.40 Å². The lowest BCUT2D eigenvalue weighted by Gasteiger charge is -2.26. The number of para-hydroxylation sites is 2. The highest BCUT2D eigenvalue weighted by Gasteiger charge is 2.16. The normalized spacial score (nSPS) is 15.8. The van der Waals surface area contributed by atoms with Gasteiger partial charge in [-0.25, -0.2) is 4.98 Å². The van der Waals surface area contributed by atoms with Gasteiger partial charge in [-0.3, -0.25) is 0 Å². The van der Waals surface area contributed by atoms with Crippen LogP contribution in [-0.4, -0.2) is 36.1 Å². The van der Waals surface area contributed by atoms with E-state index in [0.29, 0.717) is 0 Å². The maximum Gasteiger partial charge on any atom is 0.177 e. The highest BCUT2D eigenvalue weighted by atomic mass is 16.3. The van der Waals surface area contributed by atoms with Gasteiger partial charge in [0.1, 0.15) is 11.1 Å². The number of piperidine rings is 1. The summed E-state index contributed by atoms with van der Waals surface area (Å²) in [6.07, 6.45) is 4.02. The first kappa shape index (κ1) is 15.6. The Labute approximate surface area is 152 Å². The highest BCUT2D eigenvalue weighted by Crippen LogP contribution is 2.36. The van der Waals surface area contributed by atoms with Crippen molar-refractivity contribution >= 4 is 38.7 Å². The Morgan fingerprint density at radius 3 is 2.58 bits per heavy atom. The topological polar surface area (TPSA) is 41.3 Å². The summed E-state index contributed by atoms with van der Waals surface area (Å²) >= 11 is 0. The third-order valence-electron chi connectivity index (χ3n) is 5.38. The van der Waals surface area contributed by atoms with Crippen LogP contribution < -0.4 is 5.32 Å². The van der Waals surface area contributed by atoms with E-state index in [-0.39, 0.29) is 0 Å². The van der Waals surface area contributed by atoms with Crippen molar-refractivity contribution in [2.75, 3.05) is 31.5 Å². The predicted octanol–water partition coefficient (Wildman–Crippen LogP) is 5.03. The molecule has 4 heteroatoms. The van der Waals surface area contributed by atoms with Crippen molar-refractivity contribution in [3.63, 3.8) is 0 Å². The molecule has 4 nitrogen and oxygen atoms in total. The van der Waals surface area contributed by atoms with E-state index in [2.05, 4.69) is 34.5 Å². The van der Waals surface area contributed by atoms with Gasteiger partial charge in [-0.05, 0) is 44.1 Å². The Kier molecular flexibility index (Phi) is 3.98. The highest BCUT2D eigenvalue weighted by molar-refractivity contribution is 6.13. The van der Waals surface area contributed by atoms with Crippen molar-refractivity contribution in [3.05, 3.63) is 48.5 Å². The van der Waals surface area contributed by atoms with E-state index in [1.807, 2.05) is 24.3 Å². The van der Waals surface area contributed by atoms with Crippen LogP contribution >= 0.6 is 0 Å². The Morgan fingerprint density at radius 1 is 0.923 bits per heavy atom. The summed E-state index contributed by atoms with van der Waals surface area (Å²) in [5.41, 5.74) is 4.78. The molecule has 0 atom stereocenters. The average Bonchev–Trinajstić information content (AvgIpc) is 3.07. The zero-order valence-electron chi connectivity index (χ0n) is 14.9. The van der Waals surface area contributed by atoms with Crippen molar-refractivity contribution < 1.29 is 4.42 Å². The summed E-state index contributed by atoms with van der Waals surface area (Å²) < 4.78 is 6.20. The molecule has 0 spiro atoms. The largest absolute Gasteiger partial charge is 0.452 e. The number of hydrogen-bond donors (Lipinski definition) is 1. The first-order valence-electron chi connectivity index (χ1n) is 9.56. The molecule has 3 heterocycles. The van der Waals surface area contributed by atoms with Crippen LogP contribution in [0, 0.1) is 0 Å². The molecule has 0 aliphatic carbocycles. The van der Waals surface area contributed by atoms with Gasteiger partial charge in [-0.1, -0.05) is 36.8 Å². The third kappa shape index (κ3) is 2.71. The Morgan fingerprint density at radius 2 is 1.69 bits per heavy atom. The molecule has 0 saturated carbocycles. The van der Waals surface area contributed by atoms with Gasteiger partial charge in [-0.15, -0.1) is 0 Å². The molecule has 132 valence electrons. The number of anilines is 1. The molecular formula is C22H23N3O. The maximum absolute atomic E-state index is 6.20. The summed E-state index contributed by atoms with van der Waals surface area (Å²) in [5.74, 6) is 0. The smallest absolute Gasteiger partial charge is 0.177 e. The fourth-order valence-electron chi connectivity index (χ4n) is 4.04. The van der Waals surface area contributed by atoms with E-state index in [9.17, 15) is 0 Å². The minimum atomic E-state index is 0.864. The molecule has 1 aliphatic rings. The van der Waals surface area contributed by atoms with Crippen LogP contribution in [0.2, 0.25) is 0 Å². The van der Waals surface area contributed by atoms with Gasteiger partial charge < -0.3 is 14.6 Å². The van der Waals surface area contributed by atoms with Crippen molar-refractivity contribution in [2.24, 2.45) is 0 Å². The fraction of sp³-hybridized carbons (Fsp3) is 0.318. The molecule has 26 heavy (non-hydrogen) atoms. The van der Waals surface area contributed by atoms with Crippen molar-refractivity contribution in [1.82, 2.24) is 9.88 Å². The number of pyridine rings is 1. The summed E-state index contributed by atoms with van der Waals surface area (Å²) in [5, 5.41) is 5.86. The number of nitrogens with zero attached hydrogens (tertiary/aromatic N) is 2. The number of hydrogen-bond acceptors (Lipinski definition) is 4. The second kappa shape index (κ2) is 6.61. The van der Waals surface area contributed by atoms with Crippen LogP contribution in [0.25, 0.3) is 33.0 Å². The molecule has 1 aliphatic heterocycles. The lowest BCUT2D eigenvalue weighted by Crippen LogP contribution is -2.33. The molecule has 0 amide bonds. The maximum atomic E-state index is 6.20. The number of nitrogens with one attached hydrogen (secondary N) is 1. The number of aromatic nitrogens is 1. The van der Waals surface area contributed by atoms with E-state index < -0.39 is 0 Å². The minimum absolute atomic E-state index is 0.864.